The van der Waals surface area contributed by atoms with E-state index in [1.54, 1.807) is 0 Å². The van der Waals surface area contributed by atoms with Crippen molar-refractivity contribution in [1.29, 1.82) is 0 Å². The summed E-state index contributed by atoms with van der Waals surface area (Å²) in [6.45, 7) is 0. The number of alkyl halides is 3. The second-order valence-electron chi connectivity index (χ2n) is 4.00. The molecule has 15 heavy (non-hydrogen) atoms. The molecule has 2 rings (SSSR count). The van der Waals surface area contributed by atoms with E-state index in [9.17, 15) is 13.2 Å². The molecule has 6 heteroatoms. The van der Waals surface area contributed by atoms with Gasteiger partial charge in [0.2, 0.25) is 0 Å². The highest BCUT2D eigenvalue weighted by atomic mass is 19.4. The van der Waals surface area contributed by atoms with E-state index < -0.39 is 12.1 Å². The molecular formula is C9H11F3N2O. The molecule has 1 saturated carbocycles. The molecule has 1 fully saturated rings. The molecular weight excluding hydrogens is 209 g/mol. The molecule has 0 spiro atoms. The summed E-state index contributed by atoms with van der Waals surface area (Å²) >= 11 is 0. The average Bonchev–Trinajstić information content (AvgIpc) is 2.66. The van der Waals surface area contributed by atoms with Crippen LogP contribution in [-0.2, 0) is 12.6 Å². The number of rotatable bonds is 3. The van der Waals surface area contributed by atoms with Gasteiger partial charge in [-0.3, -0.25) is 0 Å². The third kappa shape index (κ3) is 2.50. The van der Waals surface area contributed by atoms with Crippen molar-refractivity contribution in [3.63, 3.8) is 0 Å². The molecule has 1 heterocycles. The van der Waals surface area contributed by atoms with Crippen molar-refractivity contribution in [3.05, 3.63) is 17.8 Å². The molecule has 0 atom stereocenters. The van der Waals surface area contributed by atoms with Gasteiger partial charge in [-0.25, -0.2) is 4.98 Å². The van der Waals surface area contributed by atoms with E-state index in [1.807, 2.05) is 0 Å². The minimum Gasteiger partial charge on any atom is -0.441 e. The van der Waals surface area contributed by atoms with Gasteiger partial charge in [0.05, 0.1) is 5.69 Å². The van der Waals surface area contributed by atoms with Crippen molar-refractivity contribution in [2.75, 3.05) is 0 Å². The van der Waals surface area contributed by atoms with Crippen molar-refractivity contribution in [3.8, 4) is 0 Å². The Kier molecular flexibility index (Phi) is 2.26. The van der Waals surface area contributed by atoms with Crippen LogP contribution in [0.3, 0.4) is 0 Å². The summed E-state index contributed by atoms with van der Waals surface area (Å²) in [7, 11) is 0. The molecule has 1 aliphatic rings. The molecule has 0 bridgehead atoms. The van der Waals surface area contributed by atoms with Crippen molar-refractivity contribution in [2.45, 2.75) is 37.4 Å². The molecule has 1 aromatic heterocycles. The Morgan fingerprint density at radius 2 is 2.13 bits per heavy atom. The number of nitrogens with two attached hydrogens (primary N) is 1. The first kappa shape index (κ1) is 10.5. The molecule has 1 aromatic rings. The van der Waals surface area contributed by atoms with E-state index in [2.05, 4.69) is 9.40 Å². The van der Waals surface area contributed by atoms with Crippen molar-refractivity contribution in [1.82, 2.24) is 4.98 Å². The predicted molar refractivity (Wildman–Crippen MR) is 46.0 cm³/mol. The van der Waals surface area contributed by atoms with Crippen LogP contribution in [-0.4, -0.2) is 10.5 Å². The van der Waals surface area contributed by atoms with E-state index in [-0.39, 0.29) is 5.54 Å². The second-order valence-corrected chi connectivity index (χ2v) is 4.00. The van der Waals surface area contributed by atoms with Crippen LogP contribution in [0, 0.1) is 0 Å². The Hall–Kier alpha value is -1.04. The molecule has 0 saturated heterocycles. The fourth-order valence-corrected chi connectivity index (χ4v) is 1.34. The third-order valence-corrected chi connectivity index (χ3v) is 2.57. The van der Waals surface area contributed by atoms with Crippen molar-refractivity contribution in [2.24, 2.45) is 5.73 Å². The zero-order valence-corrected chi connectivity index (χ0v) is 7.97. The number of nitrogens with zero attached hydrogens (tertiary/aromatic N) is 1. The van der Waals surface area contributed by atoms with Crippen LogP contribution in [0.2, 0.25) is 0 Å². The summed E-state index contributed by atoms with van der Waals surface area (Å²) in [5.74, 6) is -1.18. The number of hydrogen-bond donors (Lipinski definition) is 1. The van der Waals surface area contributed by atoms with Gasteiger partial charge in [0, 0.05) is 5.54 Å². The summed E-state index contributed by atoms with van der Waals surface area (Å²) in [4.78, 5) is 3.37. The van der Waals surface area contributed by atoms with E-state index in [0.29, 0.717) is 18.5 Å². The third-order valence-electron chi connectivity index (χ3n) is 2.57. The van der Waals surface area contributed by atoms with Gasteiger partial charge in [-0.2, -0.15) is 13.2 Å². The number of oxazole rings is 1. The van der Waals surface area contributed by atoms with E-state index in [4.69, 9.17) is 5.73 Å². The molecule has 0 radical (unpaired) electrons. The highest BCUT2D eigenvalue weighted by Crippen LogP contribution is 2.36. The Labute approximate surface area is 84.5 Å². The van der Waals surface area contributed by atoms with E-state index >= 15 is 0 Å². The zero-order valence-electron chi connectivity index (χ0n) is 7.97. The highest BCUT2D eigenvalue weighted by molar-refractivity contribution is 5.05. The van der Waals surface area contributed by atoms with Crippen LogP contribution in [0.25, 0.3) is 0 Å². The maximum Gasteiger partial charge on any atom is 0.468 e. The summed E-state index contributed by atoms with van der Waals surface area (Å²) in [6, 6.07) is 0. The standard InChI is InChI=1S/C9H11F3N2O/c10-9(11,12)7-14-6(5-15-7)1-2-8(13)3-4-8/h5H,1-4,13H2. The Morgan fingerprint density at radius 1 is 1.47 bits per heavy atom. The summed E-state index contributed by atoms with van der Waals surface area (Å²) < 4.78 is 40.7. The number of halogens is 3. The molecule has 2 N–H and O–H groups in total. The van der Waals surface area contributed by atoms with Crippen LogP contribution < -0.4 is 5.73 Å². The first-order valence-corrected chi connectivity index (χ1v) is 4.70. The van der Waals surface area contributed by atoms with Gasteiger partial charge in [0.15, 0.2) is 0 Å². The lowest BCUT2D eigenvalue weighted by molar-refractivity contribution is -0.157. The monoisotopic (exact) mass is 220 g/mol. The van der Waals surface area contributed by atoms with Gasteiger partial charge in [0.25, 0.3) is 0 Å². The molecule has 0 unspecified atom stereocenters. The Morgan fingerprint density at radius 3 is 2.60 bits per heavy atom. The fourth-order valence-electron chi connectivity index (χ4n) is 1.34. The molecule has 0 amide bonds. The fraction of sp³-hybridized carbons (Fsp3) is 0.667. The SMILES string of the molecule is NC1(CCc2coc(C(F)(F)F)n2)CC1. The average molecular weight is 220 g/mol. The topological polar surface area (TPSA) is 52.0 Å². The van der Waals surface area contributed by atoms with Gasteiger partial charge in [-0.05, 0) is 25.7 Å². The van der Waals surface area contributed by atoms with Gasteiger partial charge in [0.1, 0.15) is 6.26 Å². The molecule has 0 aromatic carbocycles. The largest absolute Gasteiger partial charge is 0.468 e. The van der Waals surface area contributed by atoms with Crippen LogP contribution in [0.5, 0.6) is 0 Å². The highest BCUT2D eigenvalue weighted by Gasteiger charge is 2.39. The minimum atomic E-state index is -4.50. The first-order chi connectivity index (χ1) is 6.89. The van der Waals surface area contributed by atoms with Gasteiger partial charge >= 0.3 is 12.1 Å². The minimum absolute atomic E-state index is 0.169. The first-order valence-electron chi connectivity index (χ1n) is 4.70. The van der Waals surface area contributed by atoms with E-state index in [0.717, 1.165) is 19.1 Å². The van der Waals surface area contributed by atoms with Crippen molar-refractivity contribution >= 4 is 0 Å². The van der Waals surface area contributed by atoms with Crippen molar-refractivity contribution < 1.29 is 17.6 Å². The lowest BCUT2D eigenvalue weighted by Crippen LogP contribution is -2.22. The van der Waals surface area contributed by atoms with E-state index in [1.165, 1.54) is 0 Å². The summed E-state index contributed by atoms with van der Waals surface area (Å²) in [5.41, 5.74) is 5.96. The second kappa shape index (κ2) is 3.23. The number of hydrogen-bond acceptors (Lipinski definition) is 3. The summed E-state index contributed by atoms with van der Waals surface area (Å²) in [5, 5.41) is 0. The predicted octanol–water partition coefficient (Wildman–Crippen LogP) is 2.12. The Bertz CT molecular complexity index is 354. The van der Waals surface area contributed by atoms with Crippen LogP contribution in [0.4, 0.5) is 13.2 Å². The molecule has 1 aliphatic carbocycles. The van der Waals surface area contributed by atoms with Crippen LogP contribution in [0.15, 0.2) is 10.7 Å². The lowest BCUT2D eigenvalue weighted by Gasteiger charge is -2.04. The summed E-state index contributed by atoms with van der Waals surface area (Å²) in [6.07, 6.45) is -0.465. The maximum absolute atomic E-state index is 12.1. The maximum atomic E-state index is 12.1. The lowest BCUT2D eigenvalue weighted by atomic mass is 10.1. The van der Waals surface area contributed by atoms with Gasteiger partial charge in [-0.1, -0.05) is 0 Å². The quantitative estimate of drug-likeness (QED) is 0.848. The molecule has 3 nitrogen and oxygen atoms in total. The normalized spacial score (nSPS) is 19.2. The van der Waals surface area contributed by atoms with Crippen LogP contribution in [0.1, 0.15) is 30.8 Å². The van der Waals surface area contributed by atoms with Crippen LogP contribution >= 0.6 is 0 Å². The zero-order chi connectivity index (χ0) is 11.1. The van der Waals surface area contributed by atoms with Gasteiger partial charge in [-0.15, -0.1) is 0 Å². The molecule has 84 valence electrons. The number of aromatic nitrogens is 1. The molecule has 0 aliphatic heterocycles. The Balaban J connectivity index is 1.95. The number of aryl methyl sites for hydroxylation is 1. The smallest absolute Gasteiger partial charge is 0.441 e. The van der Waals surface area contributed by atoms with Gasteiger partial charge < -0.3 is 10.2 Å².